The number of thioether (sulfide) groups is 1. The minimum atomic E-state index is -2.76. The number of rotatable bonds is 10. The second kappa shape index (κ2) is 10.0. The van der Waals surface area contributed by atoms with Crippen molar-refractivity contribution in [2.24, 2.45) is 5.92 Å². The average molecular weight is 317 g/mol. The third-order valence-electron chi connectivity index (χ3n) is 3.28. The molecule has 5 heteroatoms. The molecular formula is C16H25F2NOS. The van der Waals surface area contributed by atoms with Crippen LogP contribution < -0.4 is 10.1 Å². The second-order valence-corrected chi connectivity index (χ2v) is 6.34. The molecular weight excluding hydrogens is 292 g/mol. The zero-order chi connectivity index (χ0) is 15.7. The maximum Gasteiger partial charge on any atom is 0.387 e. The maximum atomic E-state index is 12.0. The fourth-order valence-electron chi connectivity index (χ4n) is 2.07. The predicted octanol–water partition coefficient (Wildman–Crippen LogP) is 4.20. The van der Waals surface area contributed by atoms with Gasteiger partial charge in [0.1, 0.15) is 5.75 Å². The van der Waals surface area contributed by atoms with Gasteiger partial charge in [-0.3, -0.25) is 0 Å². The fourth-order valence-corrected chi connectivity index (χ4v) is 2.76. The van der Waals surface area contributed by atoms with Crippen LogP contribution in [0, 0.1) is 5.92 Å². The number of aryl methyl sites for hydroxylation is 1. The highest BCUT2D eigenvalue weighted by molar-refractivity contribution is 7.98. The van der Waals surface area contributed by atoms with Crippen molar-refractivity contribution in [2.45, 2.75) is 39.3 Å². The van der Waals surface area contributed by atoms with E-state index in [-0.39, 0.29) is 5.75 Å². The van der Waals surface area contributed by atoms with Crippen molar-refractivity contribution in [3.05, 3.63) is 29.8 Å². The van der Waals surface area contributed by atoms with Crippen molar-refractivity contribution in [2.75, 3.05) is 18.6 Å². The van der Waals surface area contributed by atoms with Gasteiger partial charge in [0.15, 0.2) is 0 Å². The monoisotopic (exact) mass is 317 g/mol. The standard InChI is InChI=1S/C16H25F2NOS/c1-12(11-21-3)10-19-13(2)4-5-14-6-8-15(9-7-14)20-16(17)18/h6-9,12-13,16,19H,4-5,10-11H2,1-3H3. The predicted molar refractivity (Wildman–Crippen MR) is 86.4 cm³/mol. The Kier molecular flexibility index (Phi) is 8.69. The summed E-state index contributed by atoms with van der Waals surface area (Å²) in [6.45, 7) is 2.70. The van der Waals surface area contributed by atoms with Crippen LogP contribution in [-0.4, -0.2) is 31.2 Å². The first kappa shape index (κ1) is 18.2. The molecule has 0 saturated heterocycles. The molecule has 0 aliphatic carbocycles. The molecule has 0 amide bonds. The number of hydrogen-bond donors (Lipinski definition) is 1. The zero-order valence-corrected chi connectivity index (χ0v) is 13.8. The Morgan fingerprint density at radius 2 is 1.86 bits per heavy atom. The molecule has 1 aromatic rings. The summed E-state index contributed by atoms with van der Waals surface area (Å²) in [7, 11) is 0. The Labute approximate surface area is 130 Å². The van der Waals surface area contributed by atoms with Crippen molar-refractivity contribution >= 4 is 11.8 Å². The Morgan fingerprint density at radius 3 is 2.43 bits per heavy atom. The van der Waals surface area contributed by atoms with E-state index in [0.29, 0.717) is 12.0 Å². The average Bonchev–Trinajstić information content (AvgIpc) is 2.44. The van der Waals surface area contributed by atoms with Crippen LogP contribution >= 0.6 is 11.8 Å². The lowest BCUT2D eigenvalue weighted by Gasteiger charge is -2.17. The summed E-state index contributed by atoms with van der Waals surface area (Å²) in [5, 5.41) is 3.54. The van der Waals surface area contributed by atoms with Gasteiger partial charge < -0.3 is 10.1 Å². The molecule has 0 fully saturated rings. The van der Waals surface area contributed by atoms with Gasteiger partial charge in [-0.25, -0.2) is 0 Å². The van der Waals surface area contributed by atoms with Crippen LogP contribution in [0.1, 0.15) is 25.8 Å². The molecule has 0 aromatic heterocycles. The Morgan fingerprint density at radius 1 is 1.19 bits per heavy atom. The minimum Gasteiger partial charge on any atom is -0.435 e. The molecule has 1 aromatic carbocycles. The quantitative estimate of drug-likeness (QED) is 0.699. The number of alkyl halides is 2. The molecule has 0 aliphatic rings. The summed E-state index contributed by atoms with van der Waals surface area (Å²) in [6.07, 6.45) is 4.09. The van der Waals surface area contributed by atoms with Gasteiger partial charge in [0.2, 0.25) is 0 Å². The van der Waals surface area contributed by atoms with Gasteiger partial charge in [-0.05, 0) is 61.9 Å². The maximum absolute atomic E-state index is 12.0. The molecule has 2 atom stereocenters. The van der Waals surface area contributed by atoms with E-state index >= 15 is 0 Å². The first-order valence-corrected chi connectivity index (χ1v) is 8.66. The van der Waals surface area contributed by atoms with E-state index in [0.717, 1.165) is 24.9 Å². The fraction of sp³-hybridized carbons (Fsp3) is 0.625. The van der Waals surface area contributed by atoms with E-state index in [1.54, 1.807) is 12.1 Å². The smallest absolute Gasteiger partial charge is 0.387 e. The van der Waals surface area contributed by atoms with Gasteiger partial charge in [-0.1, -0.05) is 19.1 Å². The Bertz CT molecular complexity index is 386. The summed E-state index contributed by atoms with van der Waals surface area (Å²) in [5.41, 5.74) is 1.14. The van der Waals surface area contributed by atoms with Gasteiger partial charge in [-0.2, -0.15) is 20.5 Å². The van der Waals surface area contributed by atoms with E-state index in [1.807, 2.05) is 23.9 Å². The molecule has 0 bridgehead atoms. The first-order chi connectivity index (χ1) is 10.0. The SMILES string of the molecule is CSCC(C)CNC(C)CCc1ccc(OC(F)F)cc1. The lowest BCUT2D eigenvalue weighted by molar-refractivity contribution is -0.0498. The van der Waals surface area contributed by atoms with Crippen molar-refractivity contribution in [1.82, 2.24) is 5.32 Å². The Balaban J connectivity index is 2.27. The van der Waals surface area contributed by atoms with Crippen LogP contribution in [0.25, 0.3) is 0 Å². The Hall–Kier alpha value is -0.810. The third kappa shape index (κ3) is 8.27. The van der Waals surface area contributed by atoms with Crippen molar-refractivity contribution < 1.29 is 13.5 Å². The van der Waals surface area contributed by atoms with Crippen molar-refractivity contribution in [3.8, 4) is 5.75 Å². The highest BCUT2D eigenvalue weighted by Gasteiger charge is 2.07. The number of hydrogen-bond acceptors (Lipinski definition) is 3. The van der Waals surface area contributed by atoms with Crippen molar-refractivity contribution in [1.29, 1.82) is 0 Å². The number of benzene rings is 1. The number of ether oxygens (including phenoxy) is 1. The van der Waals surface area contributed by atoms with Gasteiger partial charge in [0.05, 0.1) is 0 Å². The summed E-state index contributed by atoms with van der Waals surface area (Å²) < 4.78 is 28.4. The molecule has 0 aliphatic heterocycles. The van der Waals surface area contributed by atoms with Gasteiger partial charge in [0, 0.05) is 6.04 Å². The van der Waals surface area contributed by atoms with E-state index < -0.39 is 6.61 Å². The molecule has 2 nitrogen and oxygen atoms in total. The van der Waals surface area contributed by atoms with Crippen LogP contribution in [-0.2, 0) is 6.42 Å². The third-order valence-corrected chi connectivity index (χ3v) is 4.18. The van der Waals surface area contributed by atoms with Gasteiger partial charge >= 0.3 is 6.61 Å². The van der Waals surface area contributed by atoms with E-state index in [2.05, 4.69) is 30.2 Å². The molecule has 0 spiro atoms. The van der Waals surface area contributed by atoms with Crippen LogP contribution in [0.15, 0.2) is 24.3 Å². The van der Waals surface area contributed by atoms with E-state index in [1.165, 1.54) is 5.75 Å². The van der Waals surface area contributed by atoms with E-state index in [4.69, 9.17) is 0 Å². The van der Waals surface area contributed by atoms with E-state index in [9.17, 15) is 8.78 Å². The highest BCUT2D eigenvalue weighted by atomic mass is 32.2. The summed E-state index contributed by atoms with van der Waals surface area (Å²) in [4.78, 5) is 0. The lowest BCUT2D eigenvalue weighted by atomic mass is 10.1. The summed E-state index contributed by atoms with van der Waals surface area (Å²) >= 11 is 1.87. The second-order valence-electron chi connectivity index (χ2n) is 5.43. The van der Waals surface area contributed by atoms with Crippen LogP contribution in [0.3, 0.4) is 0 Å². The minimum absolute atomic E-state index is 0.214. The normalized spacial score (nSPS) is 14.2. The molecule has 1 N–H and O–H groups in total. The molecule has 0 radical (unpaired) electrons. The summed E-state index contributed by atoms with van der Waals surface area (Å²) in [6, 6.07) is 7.34. The van der Waals surface area contributed by atoms with Crippen LogP contribution in [0.5, 0.6) is 5.75 Å². The summed E-state index contributed by atoms with van der Waals surface area (Å²) in [5.74, 6) is 2.06. The molecule has 2 unspecified atom stereocenters. The van der Waals surface area contributed by atoms with Gasteiger partial charge in [0.25, 0.3) is 0 Å². The number of nitrogens with one attached hydrogen (secondary N) is 1. The van der Waals surface area contributed by atoms with Crippen LogP contribution in [0.2, 0.25) is 0 Å². The highest BCUT2D eigenvalue weighted by Crippen LogP contribution is 2.16. The van der Waals surface area contributed by atoms with Gasteiger partial charge in [-0.15, -0.1) is 0 Å². The van der Waals surface area contributed by atoms with Crippen molar-refractivity contribution in [3.63, 3.8) is 0 Å². The molecule has 21 heavy (non-hydrogen) atoms. The molecule has 120 valence electrons. The number of halogens is 2. The molecule has 0 saturated carbocycles. The van der Waals surface area contributed by atoms with Crippen LogP contribution in [0.4, 0.5) is 8.78 Å². The lowest BCUT2D eigenvalue weighted by Crippen LogP contribution is -2.31. The molecule has 1 rings (SSSR count). The largest absolute Gasteiger partial charge is 0.435 e. The topological polar surface area (TPSA) is 21.3 Å². The molecule has 0 heterocycles. The first-order valence-electron chi connectivity index (χ1n) is 7.27. The zero-order valence-electron chi connectivity index (χ0n) is 12.9.